The summed E-state index contributed by atoms with van der Waals surface area (Å²) >= 11 is 0. The number of carbonyl (C=O) groups excluding carboxylic acids is 2. The van der Waals surface area contributed by atoms with Gasteiger partial charge in [0.05, 0.1) is 5.52 Å². The van der Waals surface area contributed by atoms with Gasteiger partial charge in [-0.05, 0) is 56.7 Å². The minimum atomic E-state index is -0.316. The molecule has 31 heavy (non-hydrogen) atoms. The Bertz CT molecular complexity index is 933. The second-order valence-corrected chi connectivity index (χ2v) is 9.10. The number of benzene rings is 1. The maximum atomic E-state index is 14.1. The van der Waals surface area contributed by atoms with E-state index in [9.17, 15) is 14.0 Å². The summed E-state index contributed by atoms with van der Waals surface area (Å²) in [6.45, 7) is 8.27. The van der Waals surface area contributed by atoms with Crippen LogP contribution in [0.2, 0.25) is 0 Å². The molecular weight excluding hydrogens is 395 g/mol. The molecular formula is C24H33FN4O2. The van der Waals surface area contributed by atoms with E-state index in [1.54, 1.807) is 19.1 Å². The molecule has 0 bridgehead atoms. The molecule has 1 aliphatic carbocycles. The second-order valence-electron chi connectivity index (χ2n) is 9.10. The van der Waals surface area contributed by atoms with E-state index in [4.69, 9.17) is 0 Å². The number of H-pyrrole nitrogens is 1. The molecule has 7 heteroatoms. The molecule has 2 N–H and O–H groups in total. The highest BCUT2D eigenvalue weighted by molar-refractivity contribution is 5.99. The maximum Gasteiger partial charge on any atom is 0.267 e. The first kappa shape index (κ1) is 21.8. The van der Waals surface area contributed by atoms with Crippen molar-refractivity contribution in [2.24, 2.45) is 0 Å². The van der Waals surface area contributed by atoms with Gasteiger partial charge in [-0.1, -0.05) is 13.0 Å². The summed E-state index contributed by atoms with van der Waals surface area (Å²) in [5.74, 6) is -0.331. The van der Waals surface area contributed by atoms with Crippen molar-refractivity contribution in [1.82, 2.24) is 20.1 Å². The van der Waals surface area contributed by atoms with E-state index in [2.05, 4.69) is 22.1 Å². The zero-order chi connectivity index (χ0) is 22.1. The molecule has 3 atom stereocenters. The van der Waals surface area contributed by atoms with Crippen LogP contribution in [0.1, 0.15) is 62.0 Å². The first-order chi connectivity index (χ1) is 14.9. The summed E-state index contributed by atoms with van der Waals surface area (Å²) in [7, 11) is 0. The average molecular weight is 429 g/mol. The van der Waals surface area contributed by atoms with Gasteiger partial charge in [0.2, 0.25) is 5.91 Å². The van der Waals surface area contributed by atoms with Crippen LogP contribution in [0.3, 0.4) is 0 Å². The summed E-state index contributed by atoms with van der Waals surface area (Å²) in [6.07, 6.45) is 5.02. The van der Waals surface area contributed by atoms with Gasteiger partial charge in [-0.25, -0.2) is 4.39 Å². The number of nitrogens with one attached hydrogen (secondary N) is 2. The van der Waals surface area contributed by atoms with Crippen molar-refractivity contribution < 1.29 is 14.0 Å². The van der Waals surface area contributed by atoms with Crippen LogP contribution in [0.4, 0.5) is 4.39 Å². The predicted octanol–water partition coefficient (Wildman–Crippen LogP) is 3.60. The number of aryl methyl sites for hydroxylation is 1. The number of carbonyl (C=O) groups is 2. The number of nitrogens with zero attached hydrogens (tertiary/aromatic N) is 2. The molecule has 0 unspecified atom stereocenters. The van der Waals surface area contributed by atoms with Gasteiger partial charge < -0.3 is 15.2 Å². The molecule has 1 aromatic carbocycles. The Labute approximate surface area is 183 Å². The number of hydrogen-bond acceptors (Lipinski definition) is 3. The first-order valence-corrected chi connectivity index (χ1v) is 11.5. The quantitative estimate of drug-likeness (QED) is 0.782. The number of hydrogen-bond donors (Lipinski definition) is 2. The molecule has 2 aliphatic rings. The minimum absolute atomic E-state index is 0.106. The van der Waals surface area contributed by atoms with Crippen LogP contribution in [-0.4, -0.2) is 64.4 Å². The van der Waals surface area contributed by atoms with Crippen LogP contribution in [-0.2, 0) is 4.79 Å². The minimum Gasteiger partial charge on any atom is -0.350 e. The van der Waals surface area contributed by atoms with Crippen LogP contribution in [0.5, 0.6) is 0 Å². The lowest BCUT2D eigenvalue weighted by Gasteiger charge is -2.46. The van der Waals surface area contributed by atoms with E-state index in [0.717, 1.165) is 57.3 Å². The van der Waals surface area contributed by atoms with E-state index in [1.165, 1.54) is 6.07 Å². The summed E-state index contributed by atoms with van der Waals surface area (Å²) in [5, 5.41) is 3.63. The van der Waals surface area contributed by atoms with Gasteiger partial charge >= 0.3 is 0 Å². The van der Waals surface area contributed by atoms with Crippen LogP contribution in [0.15, 0.2) is 18.2 Å². The summed E-state index contributed by atoms with van der Waals surface area (Å²) in [4.78, 5) is 32.4. The van der Waals surface area contributed by atoms with Crippen molar-refractivity contribution in [3.63, 3.8) is 0 Å². The molecule has 2 amide bonds. The maximum absolute atomic E-state index is 14.1. The van der Waals surface area contributed by atoms with Crippen LogP contribution < -0.4 is 5.32 Å². The zero-order valence-electron chi connectivity index (χ0n) is 18.7. The second kappa shape index (κ2) is 8.99. The number of aromatic nitrogens is 1. The van der Waals surface area contributed by atoms with E-state index in [-0.39, 0.29) is 29.7 Å². The van der Waals surface area contributed by atoms with Gasteiger partial charge in [0, 0.05) is 50.1 Å². The van der Waals surface area contributed by atoms with E-state index in [0.29, 0.717) is 22.6 Å². The lowest BCUT2D eigenvalue weighted by atomic mass is 9.89. The van der Waals surface area contributed by atoms with Crippen molar-refractivity contribution in [2.45, 2.75) is 71.0 Å². The van der Waals surface area contributed by atoms with Gasteiger partial charge in [-0.2, -0.15) is 0 Å². The normalized spacial score (nSPS) is 25.0. The Morgan fingerprint density at radius 1 is 1.26 bits per heavy atom. The molecule has 4 rings (SSSR count). The molecule has 1 saturated heterocycles. The lowest BCUT2D eigenvalue weighted by Crippen LogP contribution is -2.58. The number of halogens is 1. The van der Waals surface area contributed by atoms with Crippen LogP contribution >= 0.6 is 0 Å². The van der Waals surface area contributed by atoms with Gasteiger partial charge in [0.15, 0.2) is 0 Å². The predicted molar refractivity (Wildman–Crippen MR) is 120 cm³/mol. The van der Waals surface area contributed by atoms with Crippen molar-refractivity contribution in [3.8, 4) is 0 Å². The zero-order valence-corrected chi connectivity index (χ0v) is 18.7. The van der Waals surface area contributed by atoms with E-state index >= 15 is 0 Å². The van der Waals surface area contributed by atoms with Crippen molar-refractivity contribution in [1.29, 1.82) is 0 Å². The van der Waals surface area contributed by atoms with Crippen molar-refractivity contribution >= 4 is 22.7 Å². The fourth-order valence-electron chi connectivity index (χ4n) is 5.31. The fraction of sp³-hybridized carbons (Fsp3) is 0.583. The number of piperazine rings is 1. The Morgan fingerprint density at radius 3 is 2.77 bits per heavy atom. The Kier molecular flexibility index (Phi) is 6.32. The van der Waals surface area contributed by atoms with E-state index in [1.807, 2.05) is 11.8 Å². The highest BCUT2D eigenvalue weighted by Crippen LogP contribution is 2.27. The summed E-state index contributed by atoms with van der Waals surface area (Å²) in [6, 6.07) is 5.57. The average Bonchev–Trinajstić information content (AvgIpc) is 3.23. The Hall–Kier alpha value is -2.41. The van der Waals surface area contributed by atoms with Crippen molar-refractivity contribution in [2.75, 3.05) is 19.6 Å². The number of rotatable bonds is 4. The molecule has 168 valence electrons. The molecule has 0 spiro atoms. The molecule has 2 fully saturated rings. The van der Waals surface area contributed by atoms with Crippen LogP contribution in [0.25, 0.3) is 10.9 Å². The number of fused-ring (bicyclic) bond motifs is 1. The monoisotopic (exact) mass is 428 g/mol. The SMILES string of the molecule is CC[C@@H]1CN([C@H]2CCC[C@@H](NC(=O)c3cc4c(F)ccc(C)c4[nH]3)C2)CCN1C(C)=O. The highest BCUT2D eigenvalue weighted by Gasteiger charge is 2.34. The molecule has 1 aliphatic heterocycles. The smallest absolute Gasteiger partial charge is 0.267 e. The molecule has 2 heterocycles. The molecule has 0 radical (unpaired) electrons. The van der Waals surface area contributed by atoms with Gasteiger partial charge in [-0.3, -0.25) is 14.5 Å². The molecule has 6 nitrogen and oxygen atoms in total. The number of aromatic amines is 1. The molecule has 1 aromatic heterocycles. The Morgan fingerprint density at radius 2 is 2.06 bits per heavy atom. The number of amides is 2. The van der Waals surface area contributed by atoms with E-state index < -0.39 is 0 Å². The fourth-order valence-corrected chi connectivity index (χ4v) is 5.31. The Balaban J connectivity index is 1.40. The topological polar surface area (TPSA) is 68.4 Å². The first-order valence-electron chi connectivity index (χ1n) is 11.5. The molecule has 1 saturated carbocycles. The van der Waals surface area contributed by atoms with Gasteiger partial charge in [0.1, 0.15) is 11.5 Å². The van der Waals surface area contributed by atoms with Gasteiger partial charge in [-0.15, -0.1) is 0 Å². The largest absolute Gasteiger partial charge is 0.350 e. The standard InChI is InChI=1S/C24H33FN4O2/c1-4-18-14-28(10-11-29(18)16(3)30)19-7-5-6-17(12-19)26-24(31)22-13-20-21(25)9-8-15(2)23(20)27-22/h8-9,13,17-19,27H,4-7,10-12,14H2,1-3H3,(H,26,31)/t17-,18-,19+/m1/s1. The summed E-state index contributed by atoms with van der Waals surface area (Å²) in [5.41, 5.74) is 2.01. The third-order valence-electron chi connectivity index (χ3n) is 7.08. The van der Waals surface area contributed by atoms with Crippen molar-refractivity contribution in [3.05, 3.63) is 35.3 Å². The third-order valence-corrected chi connectivity index (χ3v) is 7.08. The summed E-state index contributed by atoms with van der Waals surface area (Å²) < 4.78 is 14.1. The van der Waals surface area contributed by atoms with Gasteiger partial charge in [0.25, 0.3) is 5.91 Å². The molecule has 2 aromatic rings. The highest BCUT2D eigenvalue weighted by atomic mass is 19.1. The third kappa shape index (κ3) is 4.47. The lowest BCUT2D eigenvalue weighted by molar-refractivity contribution is -0.134. The van der Waals surface area contributed by atoms with Crippen LogP contribution in [0, 0.1) is 12.7 Å².